The van der Waals surface area contributed by atoms with Gasteiger partial charge in [-0.3, -0.25) is 9.59 Å². The number of carbonyl (C=O) groups is 3. The first-order chi connectivity index (χ1) is 13.7. The Hall–Kier alpha value is -2.64. The molecule has 0 heterocycles. The molecule has 0 aliphatic rings. The molecule has 1 atom stereocenters. The molecule has 2 rings (SSSR count). The quantitative estimate of drug-likeness (QED) is 0.635. The van der Waals surface area contributed by atoms with Gasteiger partial charge in [0.15, 0.2) is 6.61 Å². The third-order valence-corrected chi connectivity index (χ3v) is 4.49. The highest BCUT2D eigenvalue weighted by Crippen LogP contribution is 2.19. The zero-order valence-electron chi connectivity index (χ0n) is 15.7. The predicted molar refractivity (Wildman–Crippen MR) is 109 cm³/mol. The highest BCUT2D eigenvalue weighted by atomic mass is 35.5. The normalized spacial score (nSPS) is 11.7. The second kappa shape index (κ2) is 10.2. The SMILES string of the molecule is CC(C)[C@H](NC(=O)c1ccccc1Cl)C(=O)OCC(=O)Nc1ccc(F)c(Cl)c1. The molecular weight excluding hydrogens is 422 g/mol. The molecule has 0 aliphatic heterocycles. The van der Waals surface area contributed by atoms with Gasteiger partial charge >= 0.3 is 5.97 Å². The summed E-state index contributed by atoms with van der Waals surface area (Å²) in [6, 6.07) is 9.09. The monoisotopic (exact) mass is 440 g/mol. The number of amides is 2. The van der Waals surface area contributed by atoms with Gasteiger partial charge in [0.25, 0.3) is 11.8 Å². The van der Waals surface area contributed by atoms with Crippen LogP contribution >= 0.6 is 23.2 Å². The lowest BCUT2D eigenvalue weighted by Crippen LogP contribution is -2.46. The molecule has 2 aromatic rings. The summed E-state index contributed by atoms with van der Waals surface area (Å²) in [4.78, 5) is 36.7. The molecule has 2 aromatic carbocycles. The average Bonchev–Trinajstić information content (AvgIpc) is 2.67. The van der Waals surface area contributed by atoms with Crippen molar-refractivity contribution in [1.82, 2.24) is 5.32 Å². The van der Waals surface area contributed by atoms with E-state index in [0.29, 0.717) is 0 Å². The molecule has 0 unspecified atom stereocenters. The second-order valence-electron chi connectivity index (χ2n) is 6.46. The minimum atomic E-state index is -0.980. The lowest BCUT2D eigenvalue weighted by Gasteiger charge is -2.21. The smallest absolute Gasteiger partial charge is 0.329 e. The van der Waals surface area contributed by atoms with Gasteiger partial charge in [-0.2, -0.15) is 0 Å². The van der Waals surface area contributed by atoms with Crippen LogP contribution in [-0.4, -0.2) is 30.4 Å². The van der Waals surface area contributed by atoms with Crippen molar-refractivity contribution in [3.8, 4) is 0 Å². The second-order valence-corrected chi connectivity index (χ2v) is 7.27. The lowest BCUT2D eigenvalue weighted by molar-refractivity contribution is -0.150. The van der Waals surface area contributed by atoms with Gasteiger partial charge in [0.1, 0.15) is 11.9 Å². The molecule has 29 heavy (non-hydrogen) atoms. The molecule has 6 nitrogen and oxygen atoms in total. The zero-order valence-corrected chi connectivity index (χ0v) is 17.2. The third kappa shape index (κ3) is 6.44. The Kier molecular flexibility index (Phi) is 7.99. The van der Waals surface area contributed by atoms with Crippen molar-refractivity contribution < 1.29 is 23.5 Å². The highest BCUT2D eigenvalue weighted by molar-refractivity contribution is 6.33. The summed E-state index contributed by atoms with van der Waals surface area (Å²) in [6.07, 6.45) is 0. The third-order valence-electron chi connectivity index (χ3n) is 3.87. The van der Waals surface area contributed by atoms with E-state index in [0.717, 1.165) is 6.07 Å². The maximum Gasteiger partial charge on any atom is 0.329 e. The molecule has 0 radical (unpaired) electrons. The van der Waals surface area contributed by atoms with Crippen LogP contribution in [0, 0.1) is 11.7 Å². The fourth-order valence-electron chi connectivity index (χ4n) is 2.36. The van der Waals surface area contributed by atoms with Crippen molar-refractivity contribution in [3.63, 3.8) is 0 Å². The van der Waals surface area contributed by atoms with E-state index in [4.69, 9.17) is 27.9 Å². The lowest BCUT2D eigenvalue weighted by atomic mass is 10.0. The van der Waals surface area contributed by atoms with Crippen molar-refractivity contribution in [2.24, 2.45) is 5.92 Å². The van der Waals surface area contributed by atoms with E-state index in [1.165, 1.54) is 18.2 Å². The van der Waals surface area contributed by atoms with Crippen molar-refractivity contribution in [1.29, 1.82) is 0 Å². The van der Waals surface area contributed by atoms with Crippen LogP contribution in [0.1, 0.15) is 24.2 Å². The summed E-state index contributed by atoms with van der Waals surface area (Å²) < 4.78 is 18.2. The summed E-state index contributed by atoms with van der Waals surface area (Å²) in [5.41, 5.74) is 0.475. The molecule has 154 valence electrons. The Labute approximate surface area is 177 Å². The highest BCUT2D eigenvalue weighted by Gasteiger charge is 2.27. The van der Waals surface area contributed by atoms with E-state index >= 15 is 0 Å². The van der Waals surface area contributed by atoms with Crippen LogP contribution in [-0.2, 0) is 14.3 Å². The van der Waals surface area contributed by atoms with Crippen molar-refractivity contribution in [3.05, 3.63) is 63.9 Å². The molecule has 9 heteroatoms. The molecule has 0 aromatic heterocycles. The number of esters is 1. The summed E-state index contributed by atoms with van der Waals surface area (Å²) in [7, 11) is 0. The molecule has 0 saturated heterocycles. The van der Waals surface area contributed by atoms with E-state index in [1.54, 1.807) is 32.0 Å². The molecule has 2 N–H and O–H groups in total. The maximum atomic E-state index is 13.1. The Morgan fingerprint density at radius 3 is 2.38 bits per heavy atom. The van der Waals surface area contributed by atoms with Gasteiger partial charge in [-0.05, 0) is 36.2 Å². The minimum Gasteiger partial charge on any atom is -0.454 e. The van der Waals surface area contributed by atoms with Crippen LogP contribution in [0.15, 0.2) is 42.5 Å². The van der Waals surface area contributed by atoms with E-state index in [1.807, 2.05) is 0 Å². The number of rotatable bonds is 7. The fourth-order valence-corrected chi connectivity index (χ4v) is 2.76. The topological polar surface area (TPSA) is 84.5 Å². The van der Waals surface area contributed by atoms with Crippen LogP contribution in [0.2, 0.25) is 10.0 Å². The number of ether oxygens (including phenoxy) is 1. The van der Waals surface area contributed by atoms with E-state index in [9.17, 15) is 18.8 Å². The summed E-state index contributed by atoms with van der Waals surface area (Å²) >= 11 is 11.6. The van der Waals surface area contributed by atoms with Crippen LogP contribution in [0.4, 0.5) is 10.1 Å². The maximum absolute atomic E-state index is 13.1. The van der Waals surface area contributed by atoms with Gasteiger partial charge in [0, 0.05) is 5.69 Å². The van der Waals surface area contributed by atoms with Crippen LogP contribution < -0.4 is 10.6 Å². The molecule has 2 amide bonds. The van der Waals surface area contributed by atoms with Crippen LogP contribution in [0.3, 0.4) is 0 Å². The summed E-state index contributed by atoms with van der Waals surface area (Å²) in [6.45, 7) is 2.86. The fraction of sp³-hybridized carbons (Fsp3) is 0.250. The predicted octanol–water partition coefficient (Wildman–Crippen LogP) is 4.07. The van der Waals surface area contributed by atoms with Crippen molar-refractivity contribution in [2.75, 3.05) is 11.9 Å². The van der Waals surface area contributed by atoms with Gasteiger partial charge in [0.2, 0.25) is 0 Å². The van der Waals surface area contributed by atoms with Crippen LogP contribution in [0.25, 0.3) is 0 Å². The largest absolute Gasteiger partial charge is 0.454 e. The summed E-state index contributed by atoms with van der Waals surface area (Å²) in [5, 5.41) is 5.10. The molecule has 0 aliphatic carbocycles. The first-order valence-corrected chi connectivity index (χ1v) is 9.41. The Morgan fingerprint density at radius 2 is 1.76 bits per heavy atom. The van der Waals surface area contributed by atoms with Gasteiger partial charge < -0.3 is 15.4 Å². The van der Waals surface area contributed by atoms with E-state index < -0.39 is 36.2 Å². The number of nitrogens with one attached hydrogen (secondary N) is 2. The number of carbonyl (C=O) groups excluding carboxylic acids is 3. The Balaban J connectivity index is 1.95. The van der Waals surface area contributed by atoms with E-state index in [2.05, 4.69) is 10.6 Å². The number of halogens is 3. The number of hydrogen-bond donors (Lipinski definition) is 2. The van der Waals surface area contributed by atoms with Crippen molar-refractivity contribution in [2.45, 2.75) is 19.9 Å². The Bertz CT molecular complexity index is 921. The minimum absolute atomic E-state index is 0.151. The summed E-state index contributed by atoms with van der Waals surface area (Å²) in [5.74, 6) is -2.86. The Morgan fingerprint density at radius 1 is 1.07 bits per heavy atom. The molecule has 0 bridgehead atoms. The zero-order chi connectivity index (χ0) is 21.6. The van der Waals surface area contributed by atoms with Gasteiger partial charge in [-0.1, -0.05) is 49.2 Å². The van der Waals surface area contributed by atoms with Gasteiger partial charge in [-0.15, -0.1) is 0 Å². The average molecular weight is 441 g/mol. The number of anilines is 1. The van der Waals surface area contributed by atoms with Gasteiger partial charge in [0.05, 0.1) is 15.6 Å². The molecular formula is C20H19Cl2FN2O4. The van der Waals surface area contributed by atoms with Crippen LogP contribution in [0.5, 0.6) is 0 Å². The van der Waals surface area contributed by atoms with Crippen molar-refractivity contribution >= 4 is 46.7 Å². The standard InChI is InChI=1S/C20H19Cl2FN2O4/c1-11(2)18(25-19(27)13-5-3-4-6-14(13)21)20(28)29-10-17(26)24-12-7-8-16(23)15(22)9-12/h3-9,11,18H,10H2,1-2H3,(H,24,26)(H,25,27)/t18-/m0/s1. The molecule has 0 saturated carbocycles. The number of hydrogen-bond acceptors (Lipinski definition) is 4. The first kappa shape index (κ1) is 22.6. The molecule has 0 spiro atoms. The van der Waals surface area contributed by atoms with Gasteiger partial charge in [-0.25, -0.2) is 9.18 Å². The first-order valence-electron chi connectivity index (χ1n) is 8.66. The molecule has 0 fully saturated rings. The number of benzene rings is 2. The van der Waals surface area contributed by atoms with E-state index in [-0.39, 0.29) is 27.2 Å².